The number of anilines is 1. The number of hydrogen-bond acceptors (Lipinski definition) is 24. The molecule has 544 valence electrons. The number of rotatable bonds is 13. The summed E-state index contributed by atoms with van der Waals surface area (Å²) in [6, 6.07) is 14.3. The van der Waals surface area contributed by atoms with Gasteiger partial charge in [0, 0.05) is 54.8 Å². The molecule has 5 aromatic heterocycles. The van der Waals surface area contributed by atoms with Crippen LogP contribution in [0.1, 0.15) is 197 Å². The summed E-state index contributed by atoms with van der Waals surface area (Å²) in [6.45, 7) is 27.2. The van der Waals surface area contributed by atoms with Gasteiger partial charge in [0.2, 0.25) is 0 Å². The van der Waals surface area contributed by atoms with Crippen molar-refractivity contribution in [2.75, 3.05) is 25.4 Å². The first-order valence-corrected chi connectivity index (χ1v) is 38.2. The number of Topliss-reactive ketones (excluding diaryl/α,β-unsaturated/α-hetero) is 2. The maximum absolute atomic E-state index is 15.5. The lowest BCUT2D eigenvalue weighted by Gasteiger charge is -2.45. The number of esters is 2. The number of nitriles is 2. The second-order valence-corrected chi connectivity index (χ2v) is 39.3. The Morgan fingerprint density at radius 2 is 0.863 bits per heavy atom. The fraction of sp³-hybridized carbons (Fsp3) is 0.514. The van der Waals surface area contributed by atoms with E-state index >= 15 is 8.78 Å². The number of nitrogens with two attached hydrogens (primary N) is 2. The Morgan fingerprint density at radius 1 is 0.529 bits per heavy atom. The summed E-state index contributed by atoms with van der Waals surface area (Å²) in [7, 11) is -8.72. The summed E-state index contributed by atoms with van der Waals surface area (Å²) in [4.78, 5) is 86.5. The van der Waals surface area contributed by atoms with E-state index in [2.05, 4.69) is 43.0 Å². The molecule has 102 heavy (non-hydrogen) atoms. The molecule has 0 amide bonds. The zero-order valence-electron chi connectivity index (χ0n) is 59.3. The van der Waals surface area contributed by atoms with Gasteiger partial charge >= 0.3 is 11.9 Å². The molecule has 6 aliphatic heterocycles. The van der Waals surface area contributed by atoms with Crippen molar-refractivity contribution < 1.29 is 54.4 Å². The van der Waals surface area contributed by atoms with E-state index in [9.17, 15) is 36.2 Å². The number of ketones is 2. The lowest BCUT2D eigenvalue weighted by atomic mass is 9.88. The number of hydrogen-bond donors (Lipinski definition) is 2. The van der Waals surface area contributed by atoms with Crippen LogP contribution in [0.15, 0.2) is 89.0 Å². The van der Waals surface area contributed by atoms with E-state index in [0.29, 0.717) is 50.3 Å². The van der Waals surface area contributed by atoms with Crippen LogP contribution in [0.4, 0.5) is 19.0 Å². The highest BCUT2D eigenvalue weighted by molar-refractivity contribution is 7.97. The molecule has 0 spiro atoms. The number of ether oxygens (including phenoxy) is 2. The SMILES string of the molecule is CC(C)(C)OC(=O)CC1=N[C@](C)(c2nc(CC(=O)c3ncc(C#N)cc3Cl)ccc2F)[C@@H]2CCN=[S@]2(=O)C1(C)C.CC(C)(C)OC(=O)CC1=N[C@](C)(c2nc(N)ccc2F)[C@@H]2CCN=[S@]2(=O)C1(C)C.CC1(C)C(N)=N[C@](C)(c2nc(CC(=O)c3ncc(C#N)cc3Cl)ccc2F)[C@@H]2CCN=[S@@]21=O. The summed E-state index contributed by atoms with van der Waals surface area (Å²) < 4.78 is 109. The van der Waals surface area contributed by atoms with Gasteiger partial charge in [-0.2, -0.15) is 10.5 Å². The van der Waals surface area contributed by atoms with Crippen molar-refractivity contribution in [2.45, 2.75) is 207 Å². The van der Waals surface area contributed by atoms with Gasteiger partial charge in [-0.3, -0.25) is 54.1 Å². The van der Waals surface area contributed by atoms with Crippen LogP contribution in [-0.2, 0) is 77.7 Å². The molecule has 6 aliphatic rings. The molecule has 0 aromatic carbocycles. The molecule has 4 N–H and O–H groups in total. The van der Waals surface area contributed by atoms with Crippen LogP contribution in [-0.4, -0.2) is 139 Å². The van der Waals surface area contributed by atoms with Gasteiger partial charge in [0.1, 0.15) is 102 Å². The summed E-state index contributed by atoms with van der Waals surface area (Å²) in [5, 5.41) is 16.3. The second kappa shape index (κ2) is 27.8. The number of carbonyl (C=O) groups is 4. The van der Waals surface area contributed by atoms with Crippen LogP contribution in [0, 0.1) is 40.1 Å². The molecule has 0 aliphatic carbocycles. The molecule has 0 unspecified atom stereocenters. The van der Waals surface area contributed by atoms with E-state index < -0.39 is 128 Å². The average molecular weight is 1500 g/mol. The molecular weight excluding hydrogens is 1420 g/mol. The van der Waals surface area contributed by atoms with Gasteiger partial charge in [0.05, 0.1) is 101 Å². The molecular formula is C70H82Cl2F3N15O9S3. The third-order valence-electron chi connectivity index (χ3n) is 19.1. The number of pyridine rings is 5. The highest BCUT2D eigenvalue weighted by Gasteiger charge is 2.61. The Labute approximate surface area is 602 Å². The van der Waals surface area contributed by atoms with E-state index in [-0.39, 0.29) is 98.4 Å². The van der Waals surface area contributed by atoms with Gasteiger partial charge in [-0.15, -0.1) is 0 Å². The zero-order valence-corrected chi connectivity index (χ0v) is 63.3. The van der Waals surface area contributed by atoms with Gasteiger partial charge in [0.15, 0.2) is 11.6 Å². The predicted octanol–water partition coefficient (Wildman–Crippen LogP) is 11.4. The number of nitrogens with zero attached hydrogens (tertiary/aromatic N) is 13. The fourth-order valence-electron chi connectivity index (χ4n) is 13.7. The minimum absolute atomic E-state index is 0.00570. The van der Waals surface area contributed by atoms with Gasteiger partial charge < -0.3 is 20.9 Å². The molecule has 11 rings (SSSR count). The number of carbonyl (C=O) groups excluding carboxylic acids is 4. The van der Waals surface area contributed by atoms with Crippen molar-refractivity contribution in [3.8, 4) is 12.1 Å². The van der Waals surface area contributed by atoms with Crippen LogP contribution in [0.2, 0.25) is 10.0 Å². The van der Waals surface area contributed by atoms with Gasteiger partial charge in [0.25, 0.3) is 0 Å². The lowest BCUT2D eigenvalue weighted by Crippen LogP contribution is -2.58. The minimum atomic E-state index is -3.02. The smallest absolute Gasteiger partial charge is 0.312 e. The molecule has 0 fully saturated rings. The molecule has 0 radical (unpaired) electrons. The summed E-state index contributed by atoms with van der Waals surface area (Å²) in [5.41, 5.74) is 8.17. The number of aromatic nitrogens is 5. The standard InChI is InChI=1S/C28H31ClFN5O4S.C22H22ClFN6O2S.C20H29FN4O3S/c1-26(2,3)39-23(37)13-21-27(4,5)40(38)22(9-10-33-40)28(6,35-21)25-19(30)8-7-17(34-25)12-20(36)24-18(29)11-16(14-31)15-32-24;1-21(2)20(26)30-22(3,17-6-7-28-33(17,21)32)19-15(24)5-4-13(29-19)9-16(31)18-14(23)8-12(10-25)11-27-18;1-18(2,3)28-16(26)11-13-19(4,5)29(27)14(9-10-23-29)20(6,25-13)17-12(21)7-8-15(22)24-17/h7-8,11,15,22H,9-10,12-13H2,1-6H3;4-5,8,11,17H,6-7,9H2,1-3H3,(H2,26,30);7-8,14H,9-11H2,1-6H3,(H2,22,24)/t22-,28-,40+;17-,22-,33+;14-,20-,29+/m000/s1. The third kappa shape index (κ3) is 14.3. The van der Waals surface area contributed by atoms with Crippen molar-refractivity contribution in [1.82, 2.24) is 24.9 Å². The minimum Gasteiger partial charge on any atom is -0.460 e. The molecule has 0 saturated heterocycles. The van der Waals surface area contributed by atoms with Gasteiger partial charge in [-0.25, -0.2) is 43.9 Å². The van der Waals surface area contributed by atoms with Crippen LogP contribution >= 0.6 is 23.2 Å². The maximum atomic E-state index is 15.5. The molecule has 11 heterocycles. The monoisotopic (exact) mass is 1500 g/mol. The van der Waals surface area contributed by atoms with E-state index in [1.165, 1.54) is 60.9 Å². The molecule has 32 heteroatoms. The Balaban J connectivity index is 0.000000180. The normalized spacial score (nSPS) is 27.7. The van der Waals surface area contributed by atoms with Crippen molar-refractivity contribution in [2.24, 2.45) is 33.8 Å². The largest absolute Gasteiger partial charge is 0.460 e. The van der Waals surface area contributed by atoms with Gasteiger partial charge in [-0.05, 0) is 172 Å². The lowest BCUT2D eigenvalue weighted by molar-refractivity contribution is -0.154. The number of amidine groups is 1. The maximum Gasteiger partial charge on any atom is 0.312 e. The average Bonchev–Trinajstić information content (AvgIpc) is 1.36. The zero-order chi connectivity index (χ0) is 75.7. The number of fused-ring (bicyclic) bond motifs is 3. The van der Waals surface area contributed by atoms with E-state index in [1.807, 2.05) is 12.1 Å². The Morgan fingerprint density at radius 3 is 1.21 bits per heavy atom. The molecule has 0 saturated carbocycles. The van der Waals surface area contributed by atoms with Crippen LogP contribution < -0.4 is 11.5 Å². The first kappa shape index (κ1) is 78.0. The summed E-state index contributed by atoms with van der Waals surface area (Å²) in [5.74, 6) is -3.53. The Kier molecular flexibility index (Phi) is 21.3. The first-order valence-electron chi connectivity index (χ1n) is 32.7. The number of aliphatic imine (C=N–C) groups is 3. The van der Waals surface area contributed by atoms with Gasteiger partial charge in [-0.1, -0.05) is 23.2 Å². The number of halogens is 5. The molecule has 5 aromatic rings. The third-order valence-corrected chi connectivity index (χ3v) is 30.8. The van der Waals surface area contributed by atoms with Crippen LogP contribution in [0.25, 0.3) is 0 Å². The Hall–Kier alpha value is -8.16. The first-order chi connectivity index (χ1) is 47.2. The molecule has 9 atom stereocenters. The Bertz CT molecular complexity index is 4940. The molecule has 0 bridgehead atoms. The van der Waals surface area contributed by atoms with Crippen LogP contribution in [0.5, 0.6) is 0 Å². The van der Waals surface area contributed by atoms with Crippen molar-refractivity contribution in [1.29, 1.82) is 10.5 Å². The highest BCUT2D eigenvalue weighted by atomic mass is 35.5. The van der Waals surface area contributed by atoms with E-state index in [1.54, 1.807) is 104 Å². The quantitative estimate of drug-likeness (QED) is 0.0816. The van der Waals surface area contributed by atoms with Crippen molar-refractivity contribution in [3.63, 3.8) is 0 Å². The van der Waals surface area contributed by atoms with E-state index in [4.69, 9.17) is 64.7 Å². The topological polar surface area (TPSA) is 376 Å². The van der Waals surface area contributed by atoms with Crippen molar-refractivity contribution >= 4 is 99.0 Å². The highest BCUT2D eigenvalue weighted by Crippen LogP contribution is 2.52. The predicted molar refractivity (Wildman–Crippen MR) is 384 cm³/mol. The second-order valence-electron chi connectivity index (χ2n) is 29.6. The number of nitrogen functional groups attached to an aromatic ring is 1. The fourth-order valence-corrected chi connectivity index (χ4v) is 23.9. The molecule has 24 nitrogen and oxygen atoms in total. The van der Waals surface area contributed by atoms with E-state index in [0.717, 1.165) is 0 Å². The van der Waals surface area contributed by atoms with Crippen LogP contribution in [0.3, 0.4) is 0 Å². The summed E-state index contributed by atoms with van der Waals surface area (Å²) >= 11 is 12.3. The summed E-state index contributed by atoms with van der Waals surface area (Å²) in [6.07, 6.45) is 3.04. The van der Waals surface area contributed by atoms with Crippen molar-refractivity contribution in [3.05, 3.63) is 139 Å².